The summed E-state index contributed by atoms with van der Waals surface area (Å²) in [5.41, 5.74) is 0. The fourth-order valence-electron chi connectivity index (χ4n) is 2.83. The lowest BCUT2D eigenvalue weighted by Crippen LogP contribution is -2.51. The third-order valence-electron chi connectivity index (χ3n) is 3.73. The number of sulfonamides is 1. The molecule has 2 saturated heterocycles. The van der Waals surface area contributed by atoms with Gasteiger partial charge < -0.3 is 10.2 Å². The number of hydrogen-bond donors (Lipinski definition) is 2. The summed E-state index contributed by atoms with van der Waals surface area (Å²) in [6, 6.07) is -0.453. The van der Waals surface area contributed by atoms with Crippen LogP contribution in [0.4, 0.5) is 0 Å². The highest BCUT2D eigenvalue weighted by atomic mass is 32.2. The molecule has 3 unspecified atom stereocenters. The summed E-state index contributed by atoms with van der Waals surface area (Å²) in [5.74, 6) is -1.32. The van der Waals surface area contributed by atoms with Gasteiger partial charge >= 0.3 is 5.97 Å². The second-order valence-electron chi connectivity index (χ2n) is 4.87. The lowest BCUT2D eigenvalue weighted by atomic mass is 10.0. The molecule has 2 bridgehead atoms. The fraction of sp³-hybridized carbons (Fsp3) is 0.900. The van der Waals surface area contributed by atoms with E-state index in [9.17, 15) is 18.3 Å². The van der Waals surface area contributed by atoms with Crippen molar-refractivity contribution in [3.05, 3.63) is 0 Å². The molecule has 0 saturated carbocycles. The molecule has 2 aliphatic heterocycles. The number of aliphatic carboxylic acids is 1. The number of nitrogens with zero attached hydrogens (tertiary/aromatic N) is 1. The van der Waals surface area contributed by atoms with Crippen molar-refractivity contribution in [3.8, 4) is 0 Å². The number of fused-ring (bicyclic) bond motifs is 2. The Kier molecular flexibility index (Phi) is 3.17. The zero-order chi connectivity index (χ0) is 12.8. The predicted molar refractivity (Wildman–Crippen MR) is 59.9 cm³/mol. The molecule has 0 radical (unpaired) electrons. The van der Waals surface area contributed by atoms with Crippen molar-refractivity contribution in [2.45, 2.75) is 56.0 Å². The van der Waals surface area contributed by atoms with Gasteiger partial charge in [0.1, 0.15) is 0 Å². The van der Waals surface area contributed by atoms with Crippen LogP contribution in [-0.2, 0) is 14.8 Å². The van der Waals surface area contributed by atoms with E-state index in [2.05, 4.69) is 0 Å². The summed E-state index contributed by atoms with van der Waals surface area (Å²) >= 11 is 0. The quantitative estimate of drug-likeness (QED) is 0.734. The third-order valence-corrected chi connectivity index (χ3v) is 6.01. The molecular weight excluding hydrogens is 246 g/mol. The Balaban J connectivity index is 2.27. The monoisotopic (exact) mass is 263 g/mol. The van der Waals surface area contributed by atoms with E-state index in [1.54, 1.807) is 0 Å². The standard InChI is InChI=1S/C10H17NO5S/c1-6(10(13)14)17(15,16)11-7-2-3-8(11)5-9(12)4-7/h6-9,12H,2-5H2,1H3,(H,13,14). The van der Waals surface area contributed by atoms with E-state index in [1.807, 2.05) is 0 Å². The molecule has 2 heterocycles. The van der Waals surface area contributed by atoms with Crippen molar-refractivity contribution in [1.82, 2.24) is 4.31 Å². The minimum atomic E-state index is -3.80. The minimum Gasteiger partial charge on any atom is -0.480 e. The molecule has 2 rings (SSSR count). The Morgan fingerprint density at radius 3 is 2.18 bits per heavy atom. The van der Waals surface area contributed by atoms with E-state index in [1.165, 1.54) is 11.2 Å². The minimum absolute atomic E-state index is 0.226. The Labute approximate surface area is 100 Å². The van der Waals surface area contributed by atoms with Gasteiger partial charge in [-0.2, -0.15) is 4.31 Å². The van der Waals surface area contributed by atoms with Crippen LogP contribution in [0.25, 0.3) is 0 Å². The van der Waals surface area contributed by atoms with Gasteiger partial charge in [0.05, 0.1) is 6.10 Å². The van der Waals surface area contributed by atoms with Gasteiger partial charge in [-0.1, -0.05) is 0 Å². The number of aliphatic hydroxyl groups is 1. The maximum atomic E-state index is 12.2. The molecular formula is C10H17NO5S. The molecule has 2 aliphatic rings. The molecule has 0 aromatic heterocycles. The van der Waals surface area contributed by atoms with Crippen LogP contribution in [-0.4, -0.2) is 52.3 Å². The molecule has 7 heteroatoms. The van der Waals surface area contributed by atoms with Gasteiger partial charge in [-0.25, -0.2) is 8.42 Å². The van der Waals surface area contributed by atoms with Gasteiger partial charge in [0.25, 0.3) is 0 Å². The van der Waals surface area contributed by atoms with Crippen LogP contribution in [0.5, 0.6) is 0 Å². The zero-order valence-electron chi connectivity index (χ0n) is 9.61. The average molecular weight is 263 g/mol. The van der Waals surface area contributed by atoms with Crippen LogP contribution < -0.4 is 0 Å². The molecule has 3 atom stereocenters. The van der Waals surface area contributed by atoms with E-state index in [0.717, 1.165) is 0 Å². The van der Waals surface area contributed by atoms with Gasteiger partial charge in [-0.05, 0) is 32.6 Å². The average Bonchev–Trinajstić information content (AvgIpc) is 2.51. The fourth-order valence-corrected chi connectivity index (χ4v) is 4.66. The van der Waals surface area contributed by atoms with Gasteiger partial charge in [-0.3, -0.25) is 4.79 Å². The van der Waals surface area contributed by atoms with E-state index in [-0.39, 0.29) is 12.1 Å². The number of piperidine rings is 1. The van der Waals surface area contributed by atoms with E-state index in [0.29, 0.717) is 25.7 Å². The van der Waals surface area contributed by atoms with E-state index < -0.39 is 27.3 Å². The highest BCUT2D eigenvalue weighted by Gasteiger charge is 2.49. The van der Waals surface area contributed by atoms with Crippen LogP contribution in [0.15, 0.2) is 0 Å². The lowest BCUT2D eigenvalue weighted by Gasteiger charge is -2.36. The molecule has 0 aliphatic carbocycles. The molecule has 2 N–H and O–H groups in total. The highest BCUT2D eigenvalue weighted by Crippen LogP contribution is 2.38. The maximum absolute atomic E-state index is 12.2. The zero-order valence-corrected chi connectivity index (χ0v) is 10.4. The number of carboxylic acids is 1. The van der Waals surface area contributed by atoms with Gasteiger partial charge in [0, 0.05) is 12.1 Å². The summed E-state index contributed by atoms with van der Waals surface area (Å²) in [7, 11) is -3.80. The van der Waals surface area contributed by atoms with Crippen molar-refractivity contribution in [2.24, 2.45) is 0 Å². The maximum Gasteiger partial charge on any atom is 0.323 e. The van der Waals surface area contributed by atoms with Crippen LogP contribution in [0.2, 0.25) is 0 Å². The number of hydrogen-bond acceptors (Lipinski definition) is 4. The summed E-state index contributed by atoms with van der Waals surface area (Å²) in [5, 5.41) is 17.0. The smallest absolute Gasteiger partial charge is 0.323 e. The van der Waals surface area contributed by atoms with Crippen molar-refractivity contribution in [3.63, 3.8) is 0 Å². The molecule has 98 valence electrons. The van der Waals surface area contributed by atoms with E-state index in [4.69, 9.17) is 5.11 Å². The molecule has 2 fully saturated rings. The second-order valence-corrected chi connectivity index (χ2v) is 7.02. The van der Waals surface area contributed by atoms with Gasteiger partial charge in [0.15, 0.2) is 5.25 Å². The SMILES string of the molecule is CC(C(=O)O)S(=O)(=O)N1C2CCC1CC(O)C2. The number of rotatable bonds is 3. The Bertz CT molecular complexity index is 406. The highest BCUT2D eigenvalue weighted by molar-refractivity contribution is 7.90. The molecule has 0 aromatic carbocycles. The first-order valence-corrected chi connectivity index (χ1v) is 7.27. The van der Waals surface area contributed by atoms with E-state index >= 15 is 0 Å². The number of aliphatic hydroxyl groups excluding tert-OH is 1. The first-order valence-electron chi connectivity index (χ1n) is 5.77. The molecule has 0 aromatic rings. The van der Waals surface area contributed by atoms with Crippen LogP contribution in [0.1, 0.15) is 32.6 Å². The molecule has 0 amide bonds. The van der Waals surface area contributed by atoms with Crippen LogP contribution in [0.3, 0.4) is 0 Å². The van der Waals surface area contributed by atoms with Crippen LogP contribution >= 0.6 is 0 Å². The molecule has 6 nitrogen and oxygen atoms in total. The Morgan fingerprint density at radius 1 is 1.29 bits per heavy atom. The lowest BCUT2D eigenvalue weighted by molar-refractivity contribution is -0.136. The van der Waals surface area contributed by atoms with Crippen molar-refractivity contribution < 1.29 is 23.4 Å². The van der Waals surface area contributed by atoms with Crippen molar-refractivity contribution >= 4 is 16.0 Å². The summed E-state index contributed by atoms with van der Waals surface area (Å²) in [4.78, 5) is 10.8. The first-order chi connectivity index (χ1) is 7.84. The van der Waals surface area contributed by atoms with Crippen molar-refractivity contribution in [2.75, 3.05) is 0 Å². The second kappa shape index (κ2) is 4.22. The Hall–Kier alpha value is -0.660. The van der Waals surface area contributed by atoms with Crippen molar-refractivity contribution in [1.29, 1.82) is 0 Å². The number of carboxylic acid groups (broad SMARTS) is 1. The summed E-state index contributed by atoms with van der Waals surface area (Å²) in [6.07, 6.45) is 1.81. The van der Waals surface area contributed by atoms with Crippen LogP contribution in [0, 0.1) is 0 Å². The predicted octanol–water partition coefficient (Wildman–Crippen LogP) is -0.223. The summed E-state index contributed by atoms with van der Waals surface area (Å²) < 4.78 is 25.6. The third kappa shape index (κ3) is 2.07. The topological polar surface area (TPSA) is 94.9 Å². The molecule has 17 heavy (non-hydrogen) atoms. The van der Waals surface area contributed by atoms with Gasteiger partial charge in [0.2, 0.25) is 10.0 Å². The summed E-state index contributed by atoms with van der Waals surface area (Å²) in [6.45, 7) is 1.20. The first kappa shape index (κ1) is 12.8. The van der Waals surface area contributed by atoms with Gasteiger partial charge in [-0.15, -0.1) is 0 Å². The largest absolute Gasteiger partial charge is 0.480 e. The molecule has 0 spiro atoms. The number of carbonyl (C=O) groups is 1. The Morgan fingerprint density at radius 2 is 1.76 bits per heavy atom. The normalized spacial score (nSPS) is 35.8.